The minimum Gasteiger partial charge on any atom is -0.595 e. The summed E-state index contributed by atoms with van der Waals surface area (Å²) in [5.41, 5.74) is 6.00. The lowest BCUT2D eigenvalue weighted by Gasteiger charge is -2.12. The van der Waals surface area contributed by atoms with E-state index in [1.165, 1.54) is 12.1 Å². The Labute approximate surface area is 80.3 Å². The van der Waals surface area contributed by atoms with Gasteiger partial charge in [-0.2, -0.15) is 5.23 Å². The summed E-state index contributed by atoms with van der Waals surface area (Å²) < 4.78 is 0. The first-order valence-electron chi connectivity index (χ1n) is 3.49. The van der Waals surface area contributed by atoms with E-state index in [2.05, 4.69) is 17.5 Å². The average molecular weight is 199 g/mol. The van der Waals surface area contributed by atoms with Crippen molar-refractivity contribution in [3.8, 4) is 0 Å². The number of benzene rings is 1. The Bertz CT molecular complexity index is 316. The van der Waals surface area contributed by atoms with Gasteiger partial charge in [0.15, 0.2) is 10.8 Å². The van der Waals surface area contributed by atoms with E-state index in [4.69, 9.17) is 10.9 Å². The highest BCUT2D eigenvalue weighted by atomic mass is 32.1. The second-order valence-electron chi connectivity index (χ2n) is 2.38. The molecule has 1 unspecified atom stereocenters. The molecule has 0 fully saturated rings. The Morgan fingerprint density at radius 1 is 1.62 bits per heavy atom. The monoisotopic (exact) mass is 199 g/mol. The van der Waals surface area contributed by atoms with Crippen molar-refractivity contribution in [2.24, 2.45) is 5.73 Å². The largest absolute Gasteiger partial charge is 0.595 e. The van der Waals surface area contributed by atoms with Crippen LogP contribution in [0.25, 0.3) is 0 Å². The van der Waals surface area contributed by atoms with Crippen LogP contribution >= 0.6 is 12.2 Å². The highest BCUT2D eigenvalue weighted by Gasteiger charge is 2.00. The molecular formula is C7H9N3O2S. The summed E-state index contributed by atoms with van der Waals surface area (Å²) in [5, 5.41) is 21.0. The first-order chi connectivity index (χ1) is 6.09. The molecule has 0 saturated heterocycles. The Morgan fingerprint density at radius 3 is 2.85 bits per heavy atom. The van der Waals surface area contributed by atoms with Gasteiger partial charge >= 0.3 is 0 Å². The lowest BCUT2D eigenvalue weighted by Crippen LogP contribution is -2.99. The van der Waals surface area contributed by atoms with Gasteiger partial charge in [0, 0.05) is 17.8 Å². The first kappa shape index (κ1) is 9.87. The van der Waals surface area contributed by atoms with Gasteiger partial charge in [0.25, 0.3) is 0 Å². The van der Waals surface area contributed by atoms with Crippen molar-refractivity contribution in [3.05, 3.63) is 29.5 Å². The van der Waals surface area contributed by atoms with Crippen LogP contribution in [0.1, 0.15) is 0 Å². The minimum absolute atomic E-state index is 0.113. The Morgan fingerprint density at radius 2 is 2.31 bits per heavy atom. The summed E-state index contributed by atoms with van der Waals surface area (Å²) in [6, 6.07) is 6.25. The highest BCUT2D eigenvalue weighted by Crippen LogP contribution is 2.10. The number of rotatable bonds is 2. The van der Waals surface area contributed by atoms with E-state index < -0.39 is 5.23 Å². The standard InChI is InChI=1S/C7H9N3O2S/c8-7(13)9-5-2-1-3-6(4-5)10(11)12/h1-4,10-11H,(H3,8,9,13). The third-order valence-electron chi connectivity index (χ3n) is 1.38. The van der Waals surface area contributed by atoms with E-state index in [0.29, 0.717) is 5.69 Å². The molecule has 5 N–H and O–H groups in total. The molecule has 0 aromatic heterocycles. The maximum atomic E-state index is 10.5. The molecule has 0 spiro atoms. The highest BCUT2D eigenvalue weighted by molar-refractivity contribution is 7.80. The molecule has 1 aromatic rings. The molecule has 70 valence electrons. The fourth-order valence-corrected chi connectivity index (χ4v) is 0.990. The van der Waals surface area contributed by atoms with Crippen molar-refractivity contribution in [2.45, 2.75) is 0 Å². The zero-order valence-corrected chi connectivity index (χ0v) is 7.47. The lowest BCUT2D eigenvalue weighted by molar-refractivity contribution is -0.991. The summed E-state index contributed by atoms with van der Waals surface area (Å²) in [7, 11) is 0. The van der Waals surface area contributed by atoms with Gasteiger partial charge in [-0.25, -0.2) is 5.21 Å². The number of hydrogen-bond donors (Lipinski definition) is 4. The van der Waals surface area contributed by atoms with Crippen molar-refractivity contribution in [1.29, 1.82) is 0 Å². The van der Waals surface area contributed by atoms with E-state index in [0.717, 1.165) is 0 Å². The van der Waals surface area contributed by atoms with Crippen molar-refractivity contribution in [2.75, 3.05) is 5.32 Å². The van der Waals surface area contributed by atoms with Gasteiger partial charge < -0.3 is 16.3 Å². The Kier molecular flexibility index (Phi) is 3.15. The van der Waals surface area contributed by atoms with Crippen LogP contribution in [0.2, 0.25) is 0 Å². The van der Waals surface area contributed by atoms with Crippen LogP contribution in [0, 0.1) is 5.21 Å². The first-order valence-corrected chi connectivity index (χ1v) is 3.90. The molecule has 6 heteroatoms. The second-order valence-corrected chi connectivity index (χ2v) is 2.82. The van der Waals surface area contributed by atoms with Crippen LogP contribution in [0.5, 0.6) is 0 Å². The van der Waals surface area contributed by atoms with Crippen LogP contribution in [-0.2, 0) is 0 Å². The van der Waals surface area contributed by atoms with Crippen LogP contribution in [0.15, 0.2) is 24.3 Å². The average Bonchev–Trinajstić information content (AvgIpc) is 2.03. The van der Waals surface area contributed by atoms with Gasteiger partial charge in [-0.05, 0) is 18.3 Å². The van der Waals surface area contributed by atoms with E-state index >= 15 is 0 Å². The van der Waals surface area contributed by atoms with Crippen LogP contribution in [0.3, 0.4) is 0 Å². The van der Waals surface area contributed by atoms with Gasteiger partial charge in [0.2, 0.25) is 0 Å². The molecule has 0 aliphatic carbocycles. The third kappa shape index (κ3) is 2.96. The molecule has 0 heterocycles. The lowest BCUT2D eigenvalue weighted by atomic mass is 10.3. The van der Waals surface area contributed by atoms with Gasteiger partial charge in [0.05, 0.1) is 0 Å². The number of anilines is 1. The summed E-state index contributed by atoms with van der Waals surface area (Å²) in [6.07, 6.45) is 0. The van der Waals surface area contributed by atoms with Crippen molar-refractivity contribution in [1.82, 2.24) is 0 Å². The van der Waals surface area contributed by atoms with E-state index in [-0.39, 0.29) is 10.8 Å². The molecule has 13 heavy (non-hydrogen) atoms. The number of hydrogen-bond acceptors (Lipinski definition) is 3. The van der Waals surface area contributed by atoms with Gasteiger partial charge in [0.1, 0.15) is 0 Å². The number of nitrogens with two attached hydrogens (primary N) is 1. The predicted octanol–water partition coefficient (Wildman–Crippen LogP) is -0.255. The maximum Gasteiger partial charge on any atom is 0.168 e. The fourth-order valence-electron chi connectivity index (χ4n) is 0.872. The van der Waals surface area contributed by atoms with Crippen LogP contribution in [-0.4, -0.2) is 10.3 Å². The van der Waals surface area contributed by atoms with Gasteiger partial charge in [-0.1, -0.05) is 6.07 Å². The van der Waals surface area contributed by atoms with E-state index in [9.17, 15) is 5.21 Å². The number of thiocarbonyl (C=S) groups is 1. The molecule has 0 aliphatic heterocycles. The van der Waals surface area contributed by atoms with E-state index in [1.54, 1.807) is 12.1 Å². The quantitative estimate of drug-likeness (QED) is 0.389. The molecule has 5 nitrogen and oxygen atoms in total. The number of quaternary nitrogens is 1. The zero-order chi connectivity index (χ0) is 9.84. The molecular weight excluding hydrogens is 190 g/mol. The summed E-state index contributed by atoms with van der Waals surface area (Å²) in [4.78, 5) is 0. The molecule has 0 radical (unpaired) electrons. The minimum atomic E-state index is -0.980. The SMILES string of the molecule is NC(=S)Nc1cccc([NH+]([O-])O)c1. The van der Waals surface area contributed by atoms with Crippen molar-refractivity contribution >= 4 is 28.7 Å². The Balaban J connectivity index is 2.85. The smallest absolute Gasteiger partial charge is 0.168 e. The number of nitrogens with one attached hydrogen (secondary N) is 2. The zero-order valence-electron chi connectivity index (χ0n) is 6.65. The molecule has 0 bridgehead atoms. The van der Waals surface area contributed by atoms with Crippen molar-refractivity contribution in [3.63, 3.8) is 0 Å². The van der Waals surface area contributed by atoms with Crippen molar-refractivity contribution < 1.29 is 10.4 Å². The van der Waals surface area contributed by atoms with Gasteiger partial charge in [-0.3, -0.25) is 0 Å². The van der Waals surface area contributed by atoms with E-state index in [1.807, 2.05) is 0 Å². The molecule has 0 amide bonds. The fraction of sp³-hybridized carbons (Fsp3) is 0. The summed E-state index contributed by atoms with van der Waals surface area (Å²) >= 11 is 4.61. The maximum absolute atomic E-state index is 10.5. The summed E-state index contributed by atoms with van der Waals surface area (Å²) in [5.74, 6) is 0. The molecule has 1 atom stereocenters. The normalized spacial score (nSPS) is 12.2. The predicted molar refractivity (Wildman–Crippen MR) is 52.6 cm³/mol. The summed E-state index contributed by atoms with van der Waals surface area (Å²) in [6.45, 7) is 0. The van der Waals surface area contributed by atoms with Gasteiger partial charge in [-0.15, -0.1) is 0 Å². The molecule has 0 aliphatic rings. The van der Waals surface area contributed by atoms with Crippen LogP contribution in [0.4, 0.5) is 11.4 Å². The second kappa shape index (κ2) is 4.15. The Hall–Kier alpha value is -1.21. The molecule has 1 rings (SSSR count). The topological polar surface area (TPSA) is 85.8 Å². The van der Waals surface area contributed by atoms with Crippen LogP contribution < -0.4 is 16.3 Å². The molecule has 1 aromatic carbocycles. The third-order valence-corrected chi connectivity index (χ3v) is 1.48. The molecule has 0 saturated carbocycles.